The molecule has 0 aliphatic heterocycles. The second kappa shape index (κ2) is 9.13. The lowest BCUT2D eigenvalue weighted by atomic mass is 10.2. The van der Waals surface area contributed by atoms with E-state index in [1.807, 2.05) is 18.2 Å². The van der Waals surface area contributed by atoms with Crippen molar-refractivity contribution in [3.05, 3.63) is 82.8 Å². The topological polar surface area (TPSA) is 89.5 Å². The minimum Gasteiger partial charge on any atom is -0.465 e. The van der Waals surface area contributed by atoms with E-state index in [4.69, 9.17) is 9.15 Å². The summed E-state index contributed by atoms with van der Waals surface area (Å²) in [6.45, 7) is 1.51. The van der Waals surface area contributed by atoms with Gasteiger partial charge in [0.15, 0.2) is 0 Å². The zero-order valence-electron chi connectivity index (χ0n) is 15.8. The maximum Gasteiger partial charge on any atom is 0.341 e. The molecule has 0 saturated carbocycles. The summed E-state index contributed by atoms with van der Waals surface area (Å²) in [6.07, 6.45) is 0. The molecule has 6 nitrogen and oxygen atoms in total. The molecule has 3 rings (SSSR count). The van der Waals surface area contributed by atoms with Gasteiger partial charge >= 0.3 is 11.9 Å². The number of furan rings is 1. The van der Waals surface area contributed by atoms with E-state index in [9.17, 15) is 14.9 Å². The second-order valence-corrected chi connectivity index (χ2v) is 7.04. The number of nitrogens with zero attached hydrogens (tertiary/aromatic N) is 1. The number of nitriles is 1. The number of hydrogen-bond donors (Lipinski definition) is 0. The zero-order valence-corrected chi connectivity index (χ0v) is 16.6. The summed E-state index contributed by atoms with van der Waals surface area (Å²) in [5.74, 6) is -0.305. The van der Waals surface area contributed by atoms with Crippen molar-refractivity contribution in [3.8, 4) is 6.07 Å². The monoisotopic (exact) mass is 407 g/mol. The highest BCUT2D eigenvalue weighted by Gasteiger charge is 2.18. The summed E-state index contributed by atoms with van der Waals surface area (Å²) in [7, 11) is 1.29. The number of methoxy groups -OCH3 is 1. The molecule has 0 N–H and O–H groups in total. The molecule has 2 aromatic carbocycles. The molecule has 0 amide bonds. The van der Waals surface area contributed by atoms with Crippen molar-refractivity contribution in [2.45, 2.75) is 23.3 Å². The normalized spacial score (nSPS) is 10.2. The van der Waals surface area contributed by atoms with Crippen LogP contribution >= 0.6 is 11.8 Å². The SMILES string of the molecule is COC(=O)c1cc(COC(=O)c2ccccc2Sc2ccccc2C#N)oc1C. The van der Waals surface area contributed by atoms with E-state index in [0.717, 1.165) is 4.90 Å². The maximum atomic E-state index is 12.6. The van der Waals surface area contributed by atoms with E-state index in [0.29, 0.717) is 33.1 Å². The summed E-state index contributed by atoms with van der Waals surface area (Å²) in [5, 5.41) is 9.27. The fourth-order valence-electron chi connectivity index (χ4n) is 2.63. The molecule has 7 heteroatoms. The van der Waals surface area contributed by atoms with Crippen LogP contribution in [0.15, 0.2) is 68.8 Å². The van der Waals surface area contributed by atoms with Crippen LogP contribution in [0.1, 0.15) is 37.8 Å². The van der Waals surface area contributed by atoms with Gasteiger partial charge in [0.1, 0.15) is 29.8 Å². The minimum atomic E-state index is -0.531. The van der Waals surface area contributed by atoms with Gasteiger partial charge in [-0.3, -0.25) is 0 Å². The summed E-state index contributed by atoms with van der Waals surface area (Å²) in [5.41, 5.74) is 1.20. The van der Waals surface area contributed by atoms with Crippen molar-refractivity contribution < 1.29 is 23.5 Å². The van der Waals surface area contributed by atoms with E-state index >= 15 is 0 Å². The van der Waals surface area contributed by atoms with Crippen LogP contribution in [0.3, 0.4) is 0 Å². The fourth-order valence-corrected chi connectivity index (χ4v) is 3.65. The molecule has 1 aromatic heterocycles. The molecule has 0 aliphatic carbocycles. The third-order valence-electron chi connectivity index (χ3n) is 4.05. The van der Waals surface area contributed by atoms with E-state index in [2.05, 4.69) is 10.8 Å². The number of carbonyl (C=O) groups is 2. The highest BCUT2D eigenvalue weighted by Crippen LogP contribution is 2.33. The van der Waals surface area contributed by atoms with Gasteiger partial charge in [-0.2, -0.15) is 5.26 Å². The van der Waals surface area contributed by atoms with E-state index in [1.54, 1.807) is 37.3 Å². The van der Waals surface area contributed by atoms with E-state index in [-0.39, 0.29) is 6.61 Å². The predicted octanol–water partition coefficient (Wildman–Crippen LogP) is 4.75. The standard InChI is InChI=1S/C22H17NO5S/c1-14-18(21(24)26-2)11-16(28-14)13-27-22(25)17-8-4-6-10-20(17)29-19-9-5-3-7-15(19)12-23/h3-11H,13H2,1-2H3. The molecule has 0 atom stereocenters. The van der Waals surface area contributed by atoms with Crippen molar-refractivity contribution in [2.24, 2.45) is 0 Å². The molecule has 0 aliphatic rings. The lowest BCUT2D eigenvalue weighted by Crippen LogP contribution is -2.06. The van der Waals surface area contributed by atoms with Gasteiger partial charge in [0.25, 0.3) is 0 Å². The molecule has 0 saturated heterocycles. The smallest absolute Gasteiger partial charge is 0.341 e. The Balaban J connectivity index is 1.75. The molecule has 146 valence electrons. The van der Waals surface area contributed by atoms with Gasteiger partial charge in [-0.25, -0.2) is 9.59 Å². The third kappa shape index (κ3) is 4.68. The Morgan fingerprint density at radius 2 is 1.72 bits per heavy atom. The summed E-state index contributed by atoms with van der Waals surface area (Å²) < 4.78 is 15.5. The number of carbonyl (C=O) groups excluding carboxylic acids is 2. The number of hydrogen-bond acceptors (Lipinski definition) is 7. The first-order chi connectivity index (χ1) is 14.0. The van der Waals surface area contributed by atoms with Crippen molar-refractivity contribution >= 4 is 23.7 Å². The number of benzene rings is 2. The van der Waals surface area contributed by atoms with Crippen LogP contribution in [0.25, 0.3) is 0 Å². The van der Waals surface area contributed by atoms with Crippen LogP contribution < -0.4 is 0 Å². The molecule has 0 radical (unpaired) electrons. The van der Waals surface area contributed by atoms with Crippen LogP contribution in [0.5, 0.6) is 0 Å². The Kier molecular flexibility index (Phi) is 6.37. The Morgan fingerprint density at radius 1 is 1.03 bits per heavy atom. The van der Waals surface area contributed by atoms with Gasteiger partial charge in [0.2, 0.25) is 0 Å². The predicted molar refractivity (Wildman–Crippen MR) is 106 cm³/mol. The van der Waals surface area contributed by atoms with Gasteiger partial charge in [0.05, 0.1) is 18.2 Å². The van der Waals surface area contributed by atoms with Crippen LogP contribution in [0, 0.1) is 18.3 Å². The summed E-state index contributed by atoms with van der Waals surface area (Å²) in [6, 6.07) is 17.8. The average Bonchev–Trinajstić information content (AvgIpc) is 3.12. The quantitative estimate of drug-likeness (QED) is 0.545. The summed E-state index contributed by atoms with van der Waals surface area (Å²) in [4.78, 5) is 25.7. The minimum absolute atomic E-state index is 0.121. The third-order valence-corrected chi connectivity index (χ3v) is 5.21. The van der Waals surface area contributed by atoms with Gasteiger partial charge in [-0.1, -0.05) is 36.0 Å². The molecule has 0 fully saturated rings. The highest BCUT2D eigenvalue weighted by atomic mass is 32.2. The Labute approximate surface area is 172 Å². The second-order valence-electron chi connectivity index (χ2n) is 5.96. The zero-order chi connectivity index (χ0) is 20.8. The number of esters is 2. The molecule has 29 heavy (non-hydrogen) atoms. The van der Waals surface area contributed by atoms with Gasteiger partial charge in [0, 0.05) is 9.79 Å². The number of ether oxygens (including phenoxy) is 2. The Hall–Kier alpha value is -3.50. The highest BCUT2D eigenvalue weighted by molar-refractivity contribution is 7.99. The summed E-state index contributed by atoms with van der Waals surface area (Å²) >= 11 is 1.32. The molecule has 0 spiro atoms. The largest absolute Gasteiger partial charge is 0.465 e. The average molecular weight is 407 g/mol. The molecular weight excluding hydrogens is 390 g/mol. The Bertz CT molecular complexity index is 1100. The van der Waals surface area contributed by atoms with Crippen LogP contribution in [0.4, 0.5) is 0 Å². The first-order valence-electron chi connectivity index (χ1n) is 8.64. The van der Waals surface area contributed by atoms with Gasteiger partial charge in [-0.15, -0.1) is 0 Å². The first-order valence-corrected chi connectivity index (χ1v) is 9.46. The molecule has 0 unspecified atom stereocenters. The lowest BCUT2D eigenvalue weighted by molar-refractivity contribution is 0.0439. The van der Waals surface area contributed by atoms with Crippen molar-refractivity contribution in [1.29, 1.82) is 5.26 Å². The molecule has 3 aromatic rings. The molecule has 0 bridgehead atoms. The van der Waals surface area contributed by atoms with Crippen molar-refractivity contribution in [1.82, 2.24) is 0 Å². The van der Waals surface area contributed by atoms with Gasteiger partial charge in [-0.05, 0) is 37.3 Å². The maximum absolute atomic E-state index is 12.6. The van der Waals surface area contributed by atoms with Crippen LogP contribution in [-0.2, 0) is 16.1 Å². The number of rotatable bonds is 6. The van der Waals surface area contributed by atoms with Gasteiger partial charge < -0.3 is 13.9 Å². The van der Waals surface area contributed by atoms with Crippen molar-refractivity contribution in [2.75, 3.05) is 7.11 Å². The fraction of sp³-hybridized carbons (Fsp3) is 0.136. The molecule has 1 heterocycles. The van der Waals surface area contributed by atoms with Crippen molar-refractivity contribution in [3.63, 3.8) is 0 Å². The number of aryl methyl sites for hydroxylation is 1. The van der Waals surface area contributed by atoms with E-state index < -0.39 is 11.9 Å². The lowest BCUT2D eigenvalue weighted by Gasteiger charge is -2.09. The van der Waals surface area contributed by atoms with Crippen LogP contribution in [-0.4, -0.2) is 19.0 Å². The van der Waals surface area contributed by atoms with Crippen LogP contribution in [0.2, 0.25) is 0 Å². The van der Waals surface area contributed by atoms with E-state index in [1.165, 1.54) is 24.9 Å². The Morgan fingerprint density at radius 3 is 2.45 bits per heavy atom. The first kappa shape index (κ1) is 20.2. The molecular formula is C22H17NO5S.